The number of nitrogens with one attached hydrogen (secondary N) is 1. The SMILES string of the molecule is CCN(C)Cc1cccc(CNC(=O)c2cc3c(nc4sccn43)s2)c1. The number of amides is 1. The van der Waals surface area contributed by atoms with Crippen molar-refractivity contribution in [3.63, 3.8) is 0 Å². The van der Waals surface area contributed by atoms with Crippen LogP contribution in [0.15, 0.2) is 41.9 Å². The van der Waals surface area contributed by atoms with E-state index in [4.69, 9.17) is 0 Å². The summed E-state index contributed by atoms with van der Waals surface area (Å²) in [5, 5.41) is 5.03. The summed E-state index contributed by atoms with van der Waals surface area (Å²) in [4.78, 5) is 21.9. The number of hydrogen-bond donors (Lipinski definition) is 1. The molecule has 4 aromatic rings. The van der Waals surface area contributed by atoms with Gasteiger partial charge in [-0.15, -0.1) is 22.7 Å². The second-order valence-corrected chi connectivity index (χ2v) is 8.21. The highest BCUT2D eigenvalue weighted by atomic mass is 32.1. The number of thiophene rings is 1. The summed E-state index contributed by atoms with van der Waals surface area (Å²) >= 11 is 3.04. The van der Waals surface area contributed by atoms with Gasteiger partial charge in [-0.1, -0.05) is 31.2 Å². The number of aromatic nitrogens is 2. The molecule has 26 heavy (non-hydrogen) atoms. The third-order valence-electron chi connectivity index (χ3n) is 4.40. The highest BCUT2D eigenvalue weighted by Crippen LogP contribution is 2.28. The molecule has 3 heterocycles. The molecule has 3 aromatic heterocycles. The zero-order valence-electron chi connectivity index (χ0n) is 14.7. The van der Waals surface area contributed by atoms with Crippen LogP contribution in [0.2, 0.25) is 0 Å². The van der Waals surface area contributed by atoms with E-state index in [2.05, 4.69) is 41.3 Å². The van der Waals surface area contributed by atoms with Crippen LogP contribution in [0.25, 0.3) is 15.3 Å². The first-order valence-electron chi connectivity index (χ1n) is 8.53. The molecule has 4 rings (SSSR count). The van der Waals surface area contributed by atoms with Gasteiger partial charge in [-0.05, 0) is 30.8 Å². The van der Waals surface area contributed by atoms with Gasteiger partial charge in [-0.25, -0.2) is 4.98 Å². The Bertz CT molecular complexity index is 1060. The summed E-state index contributed by atoms with van der Waals surface area (Å²) in [6.45, 7) is 4.60. The van der Waals surface area contributed by atoms with Crippen LogP contribution in [0.1, 0.15) is 27.7 Å². The van der Waals surface area contributed by atoms with Crippen molar-refractivity contribution in [3.05, 3.63) is 57.9 Å². The molecule has 0 spiro atoms. The number of nitrogens with zero attached hydrogens (tertiary/aromatic N) is 3. The van der Waals surface area contributed by atoms with Crippen LogP contribution < -0.4 is 5.32 Å². The lowest BCUT2D eigenvalue weighted by atomic mass is 10.1. The van der Waals surface area contributed by atoms with E-state index in [1.807, 2.05) is 34.2 Å². The molecular weight excluding hydrogens is 364 g/mol. The average Bonchev–Trinajstić information content (AvgIpc) is 3.32. The number of hydrogen-bond acceptors (Lipinski definition) is 5. The van der Waals surface area contributed by atoms with Gasteiger partial charge in [0.2, 0.25) is 0 Å². The van der Waals surface area contributed by atoms with Crippen LogP contribution in [-0.2, 0) is 13.1 Å². The van der Waals surface area contributed by atoms with Crippen molar-refractivity contribution in [1.29, 1.82) is 0 Å². The molecule has 0 aliphatic rings. The molecule has 0 radical (unpaired) electrons. The van der Waals surface area contributed by atoms with E-state index in [9.17, 15) is 4.79 Å². The van der Waals surface area contributed by atoms with Gasteiger partial charge in [-0.3, -0.25) is 9.20 Å². The van der Waals surface area contributed by atoms with Gasteiger partial charge >= 0.3 is 0 Å². The summed E-state index contributed by atoms with van der Waals surface area (Å²) in [5.74, 6) is -0.0481. The van der Waals surface area contributed by atoms with Crippen LogP contribution >= 0.6 is 22.7 Å². The Kier molecular flexibility index (Phi) is 4.76. The van der Waals surface area contributed by atoms with Crippen LogP contribution in [0.3, 0.4) is 0 Å². The first kappa shape index (κ1) is 17.2. The Hall–Kier alpha value is -2.22. The summed E-state index contributed by atoms with van der Waals surface area (Å²) in [5.41, 5.74) is 3.38. The Labute approximate surface area is 159 Å². The molecular formula is C19H20N4OS2. The predicted molar refractivity (Wildman–Crippen MR) is 108 cm³/mol. The lowest BCUT2D eigenvalue weighted by Crippen LogP contribution is -2.22. The number of thiazole rings is 1. The van der Waals surface area contributed by atoms with Gasteiger partial charge in [0.25, 0.3) is 5.91 Å². The minimum Gasteiger partial charge on any atom is -0.347 e. The Morgan fingerprint density at radius 2 is 2.15 bits per heavy atom. The largest absolute Gasteiger partial charge is 0.347 e. The minimum atomic E-state index is -0.0481. The molecule has 134 valence electrons. The number of fused-ring (bicyclic) bond motifs is 3. The zero-order chi connectivity index (χ0) is 18.1. The van der Waals surface area contributed by atoms with E-state index >= 15 is 0 Å². The van der Waals surface area contributed by atoms with E-state index < -0.39 is 0 Å². The number of carbonyl (C=O) groups excluding carboxylic acids is 1. The number of benzene rings is 1. The quantitative estimate of drug-likeness (QED) is 0.547. The molecule has 1 amide bonds. The van der Waals surface area contributed by atoms with Crippen molar-refractivity contribution >= 4 is 43.9 Å². The molecule has 0 fully saturated rings. The monoisotopic (exact) mass is 384 g/mol. The molecule has 5 nitrogen and oxygen atoms in total. The second kappa shape index (κ2) is 7.19. The highest BCUT2D eigenvalue weighted by molar-refractivity contribution is 7.21. The molecule has 0 atom stereocenters. The lowest BCUT2D eigenvalue weighted by Gasteiger charge is -2.14. The first-order chi connectivity index (χ1) is 12.6. The highest BCUT2D eigenvalue weighted by Gasteiger charge is 2.14. The molecule has 0 unspecified atom stereocenters. The molecule has 1 aromatic carbocycles. The van der Waals surface area contributed by atoms with Gasteiger partial charge in [0.1, 0.15) is 4.83 Å². The van der Waals surface area contributed by atoms with Crippen molar-refractivity contribution in [2.24, 2.45) is 0 Å². The molecule has 7 heteroatoms. The smallest absolute Gasteiger partial charge is 0.261 e. The fraction of sp³-hybridized carbons (Fsp3) is 0.263. The number of imidazole rings is 1. The topological polar surface area (TPSA) is 49.6 Å². The third-order valence-corrected chi connectivity index (χ3v) is 6.17. The van der Waals surface area contributed by atoms with Crippen LogP contribution in [0, 0.1) is 0 Å². The normalized spacial score (nSPS) is 11.7. The van der Waals surface area contributed by atoms with Crippen molar-refractivity contribution in [2.45, 2.75) is 20.0 Å². The second-order valence-electron chi connectivity index (χ2n) is 6.30. The summed E-state index contributed by atoms with van der Waals surface area (Å²) in [7, 11) is 2.10. The Balaban J connectivity index is 1.45. The van der Waals surface area contributed by atoms with Crippen LogP contribution in [0.4, 0.5) is 0 Å². The standard InChI is InChI=1S/C19H20N4OS2/c1-3-22(2)12-14-6-4-5-13(9-14)11-20-17(24)16-10-15-18(26-16)21-19-23(15)7-8-25-19/h4-10H,3,11-12H2,1-2H3,(H,20,24). The van der Waals surface area contributed by atoms with E-state index in [-0.39, 0.29) is 5.91 Å². The van der Waals surface area contributed by atoms with Gasteiger partial charge < -0.3 is 10.2 Å². The molecule has 0 saturated heterocycles. The fourth-order valence-corrected chi connectivity index (χ4v) is 4.61. The summed E-state index contributed by atoms with van der Waals surface area (Å²) < 4.78 is 2.03. The van der Waals surface area contributed by atoms with Gasteiger partial charge in [0.15, 0.2) is 4.96 Å². The summed E-state index contributed by atoms with van der Waals surface area (Å²) in [6.07, 6.45) is 1.99. The molecule has 0 aliphatic heterocycles. The zero-order valence-corrected chi connectivity index (χ0v) is 16.4. The van der Waals surface area contributed by atoms with Crippen molar-refractivity contribution < 1.29 is 4.79 Å². The first-order valence-corrected chi connectivity index (χ1v) is 10.2. The lowest BCUT2D eigenvalue weighted by molar-refractivity contribution is 0.0955. The van der Waals surface area contributed by atoms with Crippen molar-refractivity contribution in [2.75, 3.05) is 13.6 Å². The maximum absolute atomic E-state index is 12.5. The number of rotatable bonds is 6. The third kappa shape index (κ3) is 3.38. The maximum Gasteiger partial charge on any atom is 0.261 e. The van der Waals surface area contributed by atoms with Gasteiger partial charge in [-0.2, -0.15) is 0 Å². The maximum atomic E-state index is 12.5. The summed E-state index contributed by atoms with van der Waals surface area (Å²) in [6, 6.07) is 10.3. The molecule has 0 aliphatic carbocycles. The van der Waals surface area contributed by atoms with E-state index in [1.165, 1.54) is 16.9 Å². The van der Waals surface area contributed by atoms with Crippen molar-refractivity contribution in [3.8, 4) is 0 Å². The van der Waals surface area contributed by atoms with Crippen LogP contribution in [-0.4, -0.2) is 33.8 Å². The van der Waals surface area contributed by atoms with Crippen molar-refractivity contribution in [1.82, 2.24) is 19.6 Å². The molecule has 0 saturated carbocycles. The number of carbonyl (C=O) groups is 1. The average molecular weight is 385 g/mol. The Morgan fingerprint density at radius 3 is 3.00 bits per heavy atom. The minimum absolute atomic E-state index is 0.0481. The van der Waals surface area contributed by atoms with Crippen LogP contribution in [0.5, 0.6) is 0 Å². The van der Waals surface area contributed by atoms with Gasteiger partial charge in [0.05, 0.1) is 10.4 Å². The molecule has 1 N–H and O–H groups in total. The Morgan fingerprint density at radius 1 is 1.31 bits per heavy atom. The fourth-order valence-electron chi connectivity index (χ4n) is 2.89. The van der Waals surface area contributed by atoms with E-state index in [0.717, 1.165) is 34.0 Å². The predicted octanol–water partition coefficient (Wildman–Crippen LogP) is 3.99. The molecule has 0 bridgehead atoms. The van der Waals surface area contributed by atoms with E-state index in [0.29, 0.717) is 11.4 Å². The van der Waals surface area contributed by atoms with Gasteiger partial charge in [0, 0.05) is 24.7 Å². The van der Waals surface area contributed by atoms with E-state index in [1.54, 1.807) is 11.3 Å².